The standard InChI is InChI=1S/C69H137NO4/c1-3-5-7-9-11-13-15-17-19-21-23-25-26-27-28-29-30-31-32-33-34-35-36-37-38-39-40-41-42-44-46-48-50-52-54-56-58-60-62-64-68(73)70-66(65-71)69(74)67(72)63-61-59-57-55-53-51-49-47-45-43-24-22-20-18-16-14-12-10-8-6-4-2/h33-34,66-67,69,71-72,74H,3-32,35-65H2,1-2H3,(H,70,73)/b34-33-. The van der Waals surface area contributed by atoms with Gasteiger partial charge >= 0.3 is 0 Å². The van der Waals surface area contributed by atoms with Crippen LogP contribution in [0.1, 0.15) is 399 Å². The molecule has 3 atom stereocenters. The van der Waals surface area contributed by atoms with Crippen molar-refractivity contribution in [2.45, 2.75) is 417 Å². The van der Waals surface area contributed by atoms with Crippen molar-refractivity contribution in [1.29, 1.82) is 0 Å². The van der Waals surface area contributed by atoms with Crippen LogP contribution in [0.2, 0.25) is 0 Å². The molecule has 5 heteroatoms. The number of amides is 1. The average Bonchev–Trinajstić information content (AvgIpc) is 3.41. The molecule has 5 nitrogen and oxygen atoms in total. The van der Waals surface area contributed by atoms with Crippen LogP contribution in [0.4, 0.5) is 0 Å². The van der Waals surface area contributed by atoms with Crippen LogP contribution < -0.4 is 5.32 Å². The van der Waals surface area contributed by atoms with Crippen molar-refractivity contribution in [3.8, 4) is 0 Å². The molecule has 0 saturated carbocycles. The minimum Gasteiger partial charge on any atom is -0.394 e. The molecule has 74 heavy (non-hydrogen) atoms. The van der Waals surface area contributed by atoms with Gasteiger partial charge in [-0.1, -0.05) is 366 Å². The molecule has 0 aromatic rings. The Labute approximate surface area is 465 Å². The van der Waals surface area contributed by atoms with Crippen LogP contribution in [0.3, 0.4) is 0 Å². The normalized spacial score (nSPS) is 13.1. The van der Waals surface area contributed by atoms with Gasteiger partial charge in [-0.3, -0.25) is 4.79 Å². The number of hydrogen-bond donors (Lipinski definition) is 4. The third-order valence-corrected chi connectivity index (χ3v) is 16.6. The van der Waals surface area contributed by atoms with Crippen molar-refractivity contribution in [2.24, 2.45) is 0 Å². The number of unbranched alkanes of at least 4 members (excludes halogenated alkanes) is 55. The van der Waals surface area contributed by atoms with E-state index in [4.69, 9.17) is 0 Å². The topological polar surface area (TPSA) is 89.8 Å². The second-order valence-electron chi connectivity index (χ2n) is 24.1. The molecular formula is C69H137NO4. The zero-order chi connectivity index (χ0) is 53.6. The van der Waals surface area contributed by atoms with Crippen LogP contribution in [-0.4, -0.2) is 46.1 Å². The Morgan fingerprint density at radius 3 is 0.784 bits per heavy atom. The van der Waals surface area contributed by atoms with Crippen molar-refractivity contribution in [1.82, 2.24) is 5.32 Å². The van der Waals surface area contributed by atoms with E-state index >= 15 is 0 Å². The maximum absolute atomic E-state index is 12.6. The highest BCUT2D eigenvalue weighted by atomic mass is 16.3. The number of aliphatic hydroxyl groups excluding tert-OH is 3. The molecule has 0 bridgehead atoms. The van der Waals surface area contributed by atoms with Crippen LogP contribution in [0.5, 0.6) is 0 Å². The van der Waals surface area contributed by atoms with E-state index in [0.29, 0.717) is 12.8 Å². The molecule has 0 aliphatic carbocycles. The van der Waals surface area contributed by atoms with Gasteiger partial charge in [-0.2, -0.15) is 0 Å². The lowest BCUT2D eigenvalue weighted by Crippen LogP contribution is -2.50. The van der Waals surface area contributed by atoms with Gasteiger partial charge in [0.05, 0.1) is 18.8 Å². The molecule has 0 heterocycles. The molecule has 0 fully saturated rings. The summed E-state index contributed by atoms with van der Waals surface area (Å²) < 4.78 is 0. The summed E-state index contributed by atoms with van der Waals surface area (Å²) in [6, 6.07) is -0.807. The molecule has 0 spiro atoms. The lowest BCUT2D eigenvalue weighted by Gasteiger charge is -2.26. The van der Waals surface area contributed by atoms with Crippen molar-refractivity contribution in [2.75, 3.05) is 6.61 Å². The fraction of sp³-hybridized carbons (Fsp3) is 0.957. The number of hydrogen-bond acceptors (Lipinski definition) is 4. The lowest BCUT2D eigenvalue weighted by molar-refractivity contribution is -0.124. The summed E-state index contributed by atoms with van der Waals surface area (Å²) in [5.74, 6) is -0.136. The van der Waals surface area contributed by atoms with Crippen LogP contribution >= 0.6 is 0 Å². The average molecular weight is 1040 g/mol. The molecule has 0 saturated heterocycles. The summed E-state index contributed by atoms with van der Waals surface area (Å²) in [5.41, 5.74) is 0. The van der Waals surface area contributed by atoms with Gasteiger partial charge in [0, 0.05) is 6.42 Å². The van der Waals surface area contributed by atoms with Gasteiger partial charge in [-0.25, -0.2) is 0 Å². The van der Waals surface area contributed by atoms with E-state index < -0.39 is 18.2 Å². The molecular weight excluding hydrogens is 907 g/mol. The first-order valence-corrected chi connectivity index (χ1v) is 34.5. The first-order valence-electron chi connectivity index (χ1n) is 34.5. The molecule has 442 valence electrons. The van der Waals surface area contributed by atoms with Gasteiger partial charge in [0.2, 0.25) is 5.91 Å². The molecule has 1 amide bonds. The van der Waals surface area contributed by atoms with Gasteiger partial charge < -0.3 is 20.6 Å². The summed E-state index contributed by atoms with van der Waals surface area (Å²) in [7, 11) is 0. The van der Waals surface area contributed by atoms with E-state index in [1.165, 1.54) is 340 Å². The van der Waals surface area contributed by atoms with E-state index in [9.17, 15) is 20.1 Å². The molecule has 0 radical (unpaired) electrons. The van der Waals surface area contributed by atoms with Crippen LogP contribution in [0.25, 0.3) is 0 Å². The van der Waals surface area contributed by atoms with Crippen molar-refractivity contribution < 1.29 is 20.1 Å². The minimum absolute atomic E-state index is 0.136. The minimum atomic E-state index is -1.13. The fourth-order valence-electron chi connectivity index (χ4n) is 11.3. The molecule has 0 aliphatic rings. The monoisotopic (exact) mass is 1040 g/mol. The maximum atomic E-state index is 12.6. The number of rotatable bonds is 65. The third-order valence-electron chi connectivity index (χ3n) is 16.6. The fourth-order valence-corrected chi connectivity index (χ4v) is 11.3. The Morgan fingerprint density at radius 1 is 0.324 bits per heavy atom. The molecule has 0 aliphatic heterocycles. The van der Waals surface area contributed by atoms with E-state index in [-0.39, 0.29) is 12.5 Å². The Morgan fingerprint density at radius 2 is 0.541 bits per heavy atom. The third kappa shape index (κ3) is 58.8. The summed E-state index contributed by atoms with van der Waals surface area (Å²) in [5, 5.41) is 33.9. The zero-order valence-corrected chi connectivity index (χ0v) is 50.8. The van der Waals surface area contributed by atoms with Crippen LogP contribution in [-0.2, 0) is 4.79 Å². The number of allylic oxidation sites excluding steroid dienone is 2. The number of carbonyl (C=O) groups excluding carboxylic acids is 1. The summed E-state index contributed by atoms with van der Waals surface area (Å²) in [6.07, 6.45) is 82.9. The highest BCUT2D eigenvalue weighted by Gasteiger charge is 2.26. The van der Waals surface area contributed by atoms with E-state index in [1.807, 2.05) is 0 Å². The second-order valence-corrected chi connectivity index (χ2v) is 24.1. The number of carbonyl (C=O) groups is 1. The summed E-state index contributed by atoms with van der Waals surface area (Å²) in [6.45, 7) is 4.24. The van der Waals surface area contributed by atoms with Gasteiger partial charge in [-0.15, -0.1) is 0 Å². The van der Waals surface area contributed by atoms with Gasteiger partial charge in [-0.05, 0) is 38.5 Å². The second kappa shape index (κ2) is 64.6. The SMILES string of the molecule is CCCCCCCCCCCCCCCCCCCC/C=C\CCCCCCCCCCCCCCCCCCCC(=O)NC(CO)C(O)C(O)CCCCCCCCCCCCCCCCCCCCCCC. The Bertz CT molecular complexity index is 1060. The first kappa shape index (κ1) is 73.1. The molecule has 3 unspecified atom stereocenters. The van der Waals surface area contributed by atoms with Crippen LogP contribution in [0.15, 0.2) is 12.2 Å². The van der Waals surface area contributed by atoms with Gasteiger partial charge in [0.15, 0.2) is 0 Å². The lowest BCUT2D eigenvalue weighted by atomic mass is 9.99. The quantitative estimate of drug-likeness (QED) is 0.0361. The Hall–Kier alpha value is -0.910. The van der Waals surface area contributed by atoms with Crippen molar-refractivity contribution in [3.63, 3.8) is 0 Å². The smallest absolute Gasteiger partial charge is 0.220 e. The summed E-state index contributed by atoms with van der Waals surface area (Å²) >= 11 is 0. The Kier molecular flexibility index (Phi) is 63.8. The molecule has 4 N–H and O–H groups in total. The van der Waals surface area contributed by atoms with Gasteiger partial charge in [0.1, 0.15) is 6.10 Å². The number of nitrogens with one attached hydrogen (secondary N) is 1. The predicted octanol–water partition coefficient (Wildman–Crippen LogP) is 22.2. The highest BCUT2D eigenvalue weighted by molar-refractivity contribution is 5.76. The first-order chi connectivity index (χ1) is 36.6. The maximum Gasteiger partial charge on any atom is 0.220 e. The Balaban J connectivity index is 3.42. The largest absolute Gasteiger partial charge is 0.394 e. The zero-order valence-electron chi connectivity index (χ0n) is 50.8. The molecule has 0 rings (SSSR count). The number of aliphatic hydroxyl groups is 3. The highest BCUT2D eigenvalue weighted by Crippen LogP contribution is 2.20. The predicted molar refractivity (Wildman–Crippen MR) is 329 cm³/mol. The van der Waals surface area contributed by atoms with E-state index in [1.54, 1.807) is 0 Å². The van der Waals surface area contributed by atoms with E-state index in [0.717, 1.165) is 32.1 Å². The molecule has 0 aromatic heterocycles. The summed E-state index contributed by atoms with van der Waals surface area (Å²) in [4.78, 5) is 12.6. The molecule has 0 aromatic carbocycles. The van der Waals surface area contributed by atoms with Crippen LogP contribution in [0, 0.1) is 0 Å². The van der Waals surface area contributed by atoms with Crippen molar-refractivity contribution >= 4 is 5.91 Å². The van der Waals surface area contributed by atoms with E-state index in [2.05, 4.69) is 31.3 Å². The van der Waals surface area contributed by atoms with Crippen molar-refractivity contribution in [3.05, 3.63) is 12.2 Å². The van der Waals surface area contributed by atoms with Gasteiger partial charge in [0.25, 0.3) is 0 Å².